The number of hydrogen-bond donors (Lipinski definition) is 0. The first-order valence-electron chi connectivity index (χ1n) is 7.67. The predicted octanol–water partition coefficient (Wildman–Crippen LogP) is 3.32. The summed E-state index contributed by atoms with van der Waals surface area (Å²) in [5.41, 5.74) is 2.31. The zero-order valence-electron chi connectivity index (χ0n) is 13.0. The Morgan fingerprint density at radius 3 is 3.13 bits per heavy atom. The van der Waals surface area contributed by atoms with Crippen LogP contribution in [-0.4, -0.2) is 48.3 Å². The third-order valence-corrected chi connectivity index (χ3v) is 4.69. The number of carbonyl (C=O) groups is 1. The monoisotopic (exact) mass is 334 g/mol. The van der Waals surface area contributed by atoms with Gasteiger partial charge in [0.05, 0.1) is 16.3 Å². The van der Waals surface area contributed by atoms with Gasteiger partial charge in [-0.2, -0.15) is 0 Å². The molecule has 0 saturated carbocycles. The van der Waals surface area contributed by atoms with Gasteiger partial charge in [0.15, 0.2) is 0 Å². The van der Waals surface area contributed by atoms with Crippen LogP contribution in [0.5, 0.6) is 0 Å². The molecule has 0 aliphatic carbocycles. The molecule has 1 atom stereocenters. The van der Waals surface area contributed by atoms with Crippen molar-refractivity contribution in [3.63, 3.8) is 0 Å². The maximum atomic E-state index is 12.4. The molecular weight excluding hydrogens is 315 g/mol. The second-order valence-corrected chi connectivity index (χ2v) is 6.70. The van der Waals surface area contributed by atoms with Crippen molar-refractivity contribution in [3.8, 4) is 11.3 Å². The second kappa shape index (κ2) is 7.19. The van der Waals surface area contributed by atoms with Crippen molar-refractivity contribution in [2.24, 2.45) is 0 Å². The van der Waals surface area contributed by atoms with Crippen LogP contribution in [0.3, 0.4) is 0 Å². The number of benzene rings is 1. The Bertz CT molecular complexity index is 689. The van der Waals surface area contributed by atoms with Crippen molar-refractivity contribution in [2.75, 3.05) is 26.3 Å². The first kappa shape index (κ1) is 16.1. The van der Waals surface area contributed by atoms with Gasteiger partial charge in [-0.15, -0.1) is 11.3 Å². The average Bonchev–Trinajstić information content (AvgIpc) is 3.17. The number of hydrogen-bond acceptors (Lipinski definition) is 5. The summed E-state index contributed by atoms with van der Waals surface area (Å²) in [6.45, 7) is 3.39. The first-order chi connectivity index (χ1) is 11.2. The topological polar surface area (TPSA) is 42.4 Å². The van der Waals surface area contributed by atoms with Crippen LogP contribution in [-0.2, 0) is 4.74 Å². The molecule has 1 fully saturated rings. The number of aryl methyl sites for hydroxylation is 1. The Hall–Kier alpha value is -1.79. The zero-order valence-corrected chi connectivity index (χ0v) is 13.8. The molecule has 1 aromatic heterocycles. The summed E-state index contributed by atoms with van der Waals surface area (Å²) in [4.78, 5) is 18.7. The number of thiazole rings is 1. The van der Waals surface area contributed by atoms with Crippen molar-refractivity contribution in [1.82, 2.24) is 9.88 Å². The van der Waals surface area contributed by atoms with Gasteiger partial charge in [-0.1, -0.05) is 12.1 Å². The van der Waals surface area contributed by atoms with Crippen LogP contribution in [0, 0.1) is 6.92 Å². The number of rotatable bonds is 5. The third-order valence-electron chi connectivity index (χ3n) is 3.92. The van der Waals surface area contributed by atoms with E-state index in [4.69, 9.17) is 4.74 Å². The molecule has 1 aromatic carbocycles. The van der Waals surface area contributed by atoms with Crippen molar-refractivity contribution in [3.05, 3.63) is 40.2 Å². The van der Waals surface area contributed by atoms with Crippen LogP contribution in [0.15, 0.2) is 29.6 Å². The Morgan fingerprint density at radius 2 is 2.39 bits per heavy atom. The van der Waals surface area contributed by atoms with Gasteiger partial charge in [0.25, 0.3) is 0 Å². The summed E-state index contributed by atoms with van der Waals surface area (Å²) in [5.74, 6) is -0.328. The molecule has 0 spiro atoms. The minimum Gasteiger partial charge on any atom is -0.457 e. The molecule has 1 aliphatic rings. The smallest absolute Gasteiger partial charge is 0.338 e. The lowest BCUT2D eigenvalue weighted by molar-refractivity contribution is 0.0321. The fraction of sp³-hybridized carbons (Fsp3) is 0.412. The lowest BCUT2D eigenvalue weighted by atomic mass is 10.1. The molecule has 6 heteroatoms. The summed E-state index contributed by atoms with van der Waals surface area (Å²) in [5, 5.41) is 2.97. The van der Waals surface area contributed by atoms with Crippen LogP contribution >= 0.6 is 11.3 Å². The number of esters is 1. The molecule has 3 rings (SSSR count). The first-order valence-corrected chi connectivity index (χ1v) is 8.55. The SMILES string of the molecule is Cc1nc(-c2cccc(C(=O)OC3CCN(CCF)C3)c2)cs1. The number of carbonyl (C=O) groups excluding carboxylic acids is 1. The number of halogens is 1. The Balaban J connectivity index is 1.66. The molecule has 0 amide bonds. The molecule has 4 nitrogen and oxygen atoms in total. The lowest BCUT2D eigenvalue weighted by Crippen LogP contribution is -2.26. The minimum atomic E-state index is -0.365. The standard InChI is InChI=1S/C17H19FN2O2S/c1-12-19-16(11-23-12)13-3-2-4-14(9-13)17(21)22-15-5-7-20(10-15)8-6-18/h2-4,9,11,15H,5-8,10H2,1H3. The minimum absolute atomic E-state index is 0.153. The van der Waals surface area contributed by atoms with E-state index in [2.05, 4.69) is 4.98 Å². The maximum Gasteiger partial charge on any atom is 0.338 e. The molecule has 122 valence electrons. The second-order valence-electron chi connectivity index (χ2n) is 5.64. The van der Waals surface area contributed by atoms with Crippen molar-refractivity contribution in [1.29, 1.82) is 0 Å². The van der Waals surface area contributed by atoms with Gasteiger partial charge in [-0.25, -0.2) is 14.2 Å². The Labute approximate surface area is 138 Å². The number of nitrogens with zero attached hydrogens (tertiary/aromatic N) is 2. The molecule has 0 N–H and O–H groups in total. The van der Waals surface area contributed by atoms with Crippen LogP contribution in [0.2, 0.25) is 0 Å². The normalized spacial score (nSPS) is 18.3. The van der Waals surface area contributed by atoms with Gasteiger partial charge >= 0.3 is 5.97 Å². The van der Waals surface area contributed by atoms with E-state index in [0.29, 0.717) is 18.7 Å². The highest BCUT2D eigenvalue weighted by Gasteiger charge is 2.25. The fourth-order valence-corrected chi connectivity index (χ4v) is 3.36. The molecule has 1 aliphatic heterocycles. The van der Waals surface area contributed by atoms with Gasteiger partial charge in [0, 0.05) is 30.6 Å². The van der Waals surface area contributed by atoms with Crippen LogP contribution in [0.1, 0.15) is 21.8 Å². The molecular formula is C17H19FN2O2S. The van der Waals surface area contributed by atoms with Crippen molar-refractivity contribution >= 4 is 17.3 Å². The van der Waals surface area contributed by atoms with Crippen LogP contribution in [0.25, 0.3) is 11.3 Å². The largest absolute Gasteiger partial charge is 0.457 e. The van der Waals surface area contributed by atoms with E-state index in [0.717, 1.165) is 29.2 Å². The highest BCUT2D eigenvalue weighted by Crippen LogP contribution is 2.23. The third kappa shape index (κ3) is 3.95. The molecule has 2 aromatic rings. The zero-order chi connectivity index (χ0) is 16.2. The van der Waals surface area contributed by atoms with Crippen molar-refractivity contribution in [2.45, 2.75) is 19.4 Å². The number of likely N-dealkylation sites (tertiary alicyclic amines) is 1. The summed E-state index contributed by atoms with van der Waals surface area (Å²) in [7, 11) is 0. The number of aromatic nitrogens is 1. The van der Waals surface area contributed by atoms with Gasteiger partial charge in [-0.3, -0.25) is 4.90 Å². The lowest BCUT2D eigenvalue weighted by Gasteiger charge is -2.14. The molecule has 1 unspecified atom stereocenters. The average molecular weight is 334 g/mol. The Kier molecular flexibility index (Phi) is 5.03. The molecule has 0 bridgehead atoms. The Morgan fingerprint density at radius 1 is 1.52 bits per heavy atom. The number of ether oxygens (including phenoxy) is 1. The summed E-state index contributed by atoms with van der Waals surface area (Å²) in [6.07, 6.45) is 0.607. The van der Waals surface area contributed by atoms with E-state index in [1.807, 2.05) is 35.4 Å². The highest BCUT2D eigenvalue weighted by molar-refractivity contribution is 7.09. The quantitative estimate of drug-likeness (QED) is 0.787. The van der Waals surface area contributed by atoms with Crippen molar-refractivity contribution < 1.29 is 13.9 Å². The van der Waals surface area contributed by atoms with E-state index < -0.39 is 0 Å². The summed E-state index contributed by atoms with van der Waals surface area (Å²) < 4.78 is 17.9. The predicted molar refractivity (Wildman–Crippen MR) is 88.5 cm³/mol. The fourth-order valence-electron chi connectivity index (χ4n) is 2.74. The van der Waals surface area contributed by atoms with Gasteiger partial charge in [-0.05, 0) is 25.5 Å². The molecule has 2 heterocycles. The van der Waals surface area contributed by atoms with E-state index in [-0.39, 0.29) is 18.7 Å². The summed E-state index contributed by atoms with van der Waals surface area (Å²) in [6, 6.07) is 7.33. The van der Waals surface area contributed by atoms with E-state index in [1.54, 1.807) is 17.4 Å². The van der Waals surface area contributed by atoms with E-state index in [1.165, 1.54) is 0 Å². The highest BCUT2D eigenvalue weighted by atomic mass is 32.1. The van der Waals surface area contributed by atoms with Crippen LogP contribution in [0.4, 0.5) is 4.39 Å². The van der Waals surface area contributed by atoms with Crippen LogP contribution < -0.4 is 0 Å². The van der Waals surface area contributed by atoms with Gasteiger partial charge < -0.3 is 4.74 Å². The molecule has 0 radical (unpaired) electrons. The van der Waals surface area contributed by atoms with Gasteiger partial charge in [0.2, 0.25) is 0 Å². The molecule has 23 heavy (non-hydrogen) atoms. The maximum absolute atomic E-state index is 12.4. The van der Waals surface area contributed by atoms with E-state index >= 15 is 0 Å². The molecule has 1 saturated heterocycles. The van der Waals surface area contributed by atoms with E-state index in [9.17, 15) is 9.18 Å². The number of alkyl halides is 1. The summed E-state index contributed by atoms with van der Waals surface area (Å²) >= 11 is 1.58. The van der Waals surface area contributed by atoms with Gasteiger partial charge in [0.1, 0.15) is 12.8 Å².